The third-order valence-electron chi connectivity index (χ3n) is 3.65. The number of rotatable bonds is 3. The molecular weight excluding hydrogens is 214 g/mol. The first-order valence-electron chi connectivity index (χ1n) is 6.56. The van der Waals surface area contributed by atoms with E-state index < -0.39 is 6.04 Å². The van der Waals surface area contributed by atoms with E-state index in [2.05, 4.69) is 17.3 Å². The van der Waals surface area contributed by atoms with E-state index in [1.54, 1.807) is 0 Å². The van der Waals surface area contributed by atoms with Crippen molar-refractivity contribution in [2.75, 3.05) is 20.1 Å². The van der Waals surface area contributed by atoms with Crippen LogP contribution in [0.25, 0.3) is 0 Å². The van der Waals surface area contributed by atoms with Crippen LogP contribution >= 0.6 is 0 Å². The molecule has 0 aliphatic carbocycles. The number of likely N-dealkylation sites (tertiary alicyclic amines) is 1. The van der Waals surface area contributed by atoms with Gasteiger partial charge in [-0.05, 0) is 31.8 Å². The van der Waals surface area contributed by atoms with Gasteiger partial charge >= 0.3 is 0 Å². The Kier molecular flexibility index (Phi) is 4.95. The summed E-state index contributed by atoms with van der Waals surface area (Å²) in [6.45, 7) is 7.82. The lowest BCUT2D eigenvalue weighted by molar-refractivity contribution is -0.124. The third kappa shape index (κ3) is 4.28. The first kappa shape index (κ1) is 14.5. The second-order valence-electron chi connectivity index (χ2n) is 6.22. The molecule has 1 rings (SSSR count). The number of amides is 1. The number of hydrogen-bond acceptors (Lipinski definition) is 3. The fourth-order valence-electron chi connectivity index (χ4n) is 2.12. The maximum atomic E-state index is 11.9. The van der Waals surface area contributed by atoms with Crippen LogP contribution in [0.5, 0.6) is 0 Å². The van der Waals surface area contributed by atoms with E-state index >= 15 is 0 Å². The Hall–Kier alpha value is -0.610. The van der Waals surface area contributed by atoms with E-state index in [0.29, 0.717) is 6.04 Å². The quantitative estimate of drug-likeness (QED) is 0.774. The number of nitrogens with zero attached hydrogens (tertiary/aromatic N) is 1. The molecule has 0 aromatic rings. The molecule has 4 nitrogen and oxygen atoms in total. The number of likely N-dealkylation sites (N-methyl/N-ethyl adjacent to an activating group) is 1. The maximum absolute atomic E-state index is 11.9. The lowest BCUT2D eigenvalue weighted by atomic mass is 9.87. The van der Waals surface area contributed by atoms with Crippen LogP contribution in [0.3, 0.4) is 0 Å². The van der Waals surface area contributed by atoms with Crippen molar-refractivity contribution in [1.82, 2.24) is 10.2 Å². The number of carbonyl (C=O) groups is 1. The zero-order chi connectivity index (χ0) is 13.1. The van der Waals surface area contributed by atoms with Gasteiger partial charge in [-0.15, -0.1) is 0 Å². The van der Waals surface area contributed by atoms with E-state index in [-0.39, 0.29) is 11.3 Å². The van der Waals surface area contributed by atoms with Crippen LogP contribution in [-0.2, 0) is 4.79 Å². The van der Waals surface area contributed by atoms with Crippen molar-refractivity contribution in [3.8, 4) is 0 Å². The Morgan fingerprint density at radius 2 is 2.12 bits per heavy atom. The molecule has 0 aromatic carbocycles. The van der Waals surface area contributed by atoms with Gasteiger partial charge in [0, 0.05) is 12.6 Å². The molecule has 1 unspecified atom stereocenters. The van der Waals surface area contributed by atoms with Crippen LogP contribution in [0.2, 0.25) is 0 Å². The molecule has 100 valence electrons. The summed E-state index contributed by atoms with van der Waals surface area (Å²) in [5.41, 5.74) is 5.74. The van der Waals surface area contributed by atoms with Gasteiger partial charge in [0.05, 0.1) is 6.04 Å². The van der Waals surface area contributed by atoms with E-state index in [4.69, 9.17) is 5.73 Å². The molecule has 0 radical (unpaired) electrons. The predicted molar refractivity (Wildman–Crippen MR) is 70.7 cm³/mol. The summed E-state index contributed by atoms with van der Waals surface area (Å²) in [6, 6.07) is 0.0382. The standard InChI is InChI=1S/C13H27N3O/c1-13(2,3)11(14)12(17)15-9-10-7-5-6-8-16(10)4/h10-11H,5-9,14H2,1-4H3,(H,15,17)/t10?,11-/m0/s1. The number of nitrogens with one attached hydrogen (secondary N) is 1. The molecule has 0 aromatic heterocycles. The van der Waals surface area contributed by atoms with E-state index in [1.807, 2.05) is 20.8 Å². The Morgan fingerprint density at radius 1 is 1.47 bits per heavy atom. The molecule has 1 amide bonds. The lowest BCUT2D eigenvalue weighted by Crippen LogP contribution is -2.52. The largest absolute Gasteiger partial charge is 0.353 e. The smallest absolute Gasteiger partial charge is 0.237 e. The lowest BCUT2D eigenvalue weighted by Gasteiger charge is -2.33. The summed E-state index contributed by atoms with van der Waals surface area (Å²) in [5.74, 6) is -0.0310. The fourth-order valence-corrected chi connectivity index (χ4v) is 2.12. The number of piperidine rings is 1. The third-order valence-corrected chi connectivity index (χ3v) is 3.65. The Morgan fingerprint density at radius 3 is 2.65 bits per heavy atom. The summed E-state index contributed by atoms with van der Waals surface area (Å²) in [5, 5.41) is 2.98. The van der Waals surface area contributed by atoms with Gasteiger partial charge in [0.25, 0.3) is 0 Å². The minimum Gasteiger partial charge on any atom is -0.353 e. The number of hydrogen-bond donors (Lipinski definition) is 2. The van der Waals surface area contributed by atoms with E-state index in [1.165, 1.54) is 19.3 Å². The van der Waals surface area contributed by atoms with Crippen molar-refractivity contribution in [1.29, 1.82) is 0 Å². The van der Waals surface area contributed by atoms with Crippen molar-refractivity contribution in [3.63, 3.8) is 0 Å². The highest BCUT2D eigenvalue weighted by atomic mass is 16.2. The Labute approximate surface area is 105 Å². The molecule has 0 saturated carbocycles. The topological polar surface area (TPSA) is 58.4 Å². The Balaban J connectivity index is 2.37. The highest BCUT2D eigenvalue weighted by molar-refractivity contribution is 5.82. The molecule has 1 heterocycles. The summed E-state index contributed by atoms with van der Waals surface area (Å²) in [6.07, 6.45) is 3.69. The van der Waals surface area contributed by atoms with Crippen LogP contribution in [0.15, 0.2) is 0 Å². The molecule has 1 fully saturated rings. The highest BCUT2D eigenvalue weighted by Gasteiger charge is 2.28. The normalized spacial score (nSPS) is 24.4. The van der Waals surface area contributed by atoms with Gasteiger partial charge in [0.1, 0.15) is 0 Å². The van der Waals surface area contributed by atoms with Crippen LogP contribution in [0.1, 0.15) is 40.0 Å². The van der Waals surface area contributed by atoms with Gasteiger partial charge in [-0.25, -0.2) is 0 Å². The van der Waals surface area contributed by atoms with Crippen molar-refractivity contribution in [3.05, 3.63) is 0 Å². The van der Waals surface area contributed by atoms with Gasteiger partial charge in [0.2, 0.25) is 5.91 Å². The highest BCUT2D eigenvalue weighted by Crippen LogP contribution is 2.18. The average molecular weight is 241 g/mol. The SMILES string of the molecule is CN1CCCCC1CNC(=O)[C@H](N)C(C)(C)C. The van der Waals surface area contributed by atoms with Crippen molar-refractivity contribution >= 4 is 5.91 Å². The van der Waals surface area contributed by atoms with Crippen molar-refractivity contribution < 1.29 is 4.79 Å². The molecule has 17 heavy (non-hydrogen) atoms. The first-order chi connectivity index (χ1) is 7.82. The molecule has 2 atom stereocenters. The molecule has 0 spiro atoms. The molecule has 0 bridgehead atoms. The summed E-state index contributed by atoms with van der Waals surface area (Å²) in [7, 11) is 2.12. The van der Waals surface area contributed by atoms with Crippen LogP contribution < -0.4 is 11.1 Å². The van der Waals surface area contributed by atoms with Gasteiger partial charge in [-0.3, -0.25) is 4.79 Å². The second kappa shape index (κ2) is 5.83. The minimum atomic E-state index is -0.434. The molecule has 1 saturated heterocycles. The van der Waals surface area contributed by atoms with Crippen LogP contribution in [0, 0.1) is 5.41 Å². The maximum Gasteiger partial charge on any atom is 0.237 e. The summed E-state index contributed by atoms with van der Waals surface area (Å²) in [4.78, 5) is 14.2. The van der Waals surface area contributed by atoms with Crippen LogP contribution in [0.4, 0.5) is 0 Å². The predicted octanol–water partition coefficient (Wildman–Crippen LogP) is 0.960. The molecule has 4 heteroatoms. The molecule has 1 aliphatic rings. The zero-order valence-electron chi connectivity index (χ0n) is 11.6. The molecule has 3 N–H and O–H groups in total. The second-order valence-corrected chi connectivity index (χ2v) is 6.22. The van der Waals surface area contributed by atoms with Crippen LogP contribution in [-0.4, -0.2) is 43.0 Å². The minimum absolute atomic E-state index is 0.0310. The fraction of sp³-hybridized carbons (Fsp3) is 0.923. The van der Waals surface area contributed by atoms with Gasteiger partial charge in [0.15, 0.2) is 0 Å². The molecular formula is C13H27N3O. The summed E-state index contributed by atoms with van der Waals surface area (Å²) >= 11 is 0. The number of carbonyl (C=O) groups excluding carboxylic acids is 1. The zero-order valence-corrected chi connectivity index (χ0v) is 11.6. The Bertz CT molecular complexity index is 260. The van der Waals surface area contributed by atoms with Crippen molar-refractivity contribution in [2.45, 2.75) is 52.1 Å². The van der Waals surface area contributed by atoms with Crippen molar-refractivity contribution in [2.24, 2.45) is 11.1 Å². The van der Waals surface area contributed by atoms with Gasteiger partial charge in [-0.1, -0.05) is 27.2 Å². The van der Waals surface area contributed by atoms with Gasteiger partial charge < -0.3 is 16.0 Å². The van der Waals surface area contributed by atoms with Gasteiger partial charge in [-0.2, -0.15) is 0 Å². The average Bonchev–Trinajstić information content (AvgIpc) is 2.25. The summed E-state index contributed by atoms with van der Waals surface area (Å²) < 4.78 is 0. The van der Waals surface area contributed by atoms with E-state index in [0.717, 1.165) is 13.1 Å². The molecule has 1 aliphatic heterocycles. The number of nitrogens with two attached hydrogens (primary N) is 1. The van der Waals surface area contributed by atoms with E-state index in [9.17, 15) is 4.79 Å². The monoisotopic (exact) mass is 241 g/mol. The first-order valence-corrected chi connectivity index (χ1v) is 6.56.